The van der Waals surface area contributed by atoms with Gasteiger partial charge in [0.05, 0.1) is 5.92 Å². The lowest BCUT2D eigenvalue weighted by Crippen LogP contribution is -2.23. The van der Waals surface area contributed by atoms with Gasteiger partial charge in [-0.3, -0.25) is 9.69 Å². The van der Waals surface area contributed by atoms with Gasteiger partial charge >= 0.3 is 5.97 Å². The lowest BCUT2D eigenvalue weighted by molar-refractivity contribution is -0.141. The van der Waals surface area contributed by atoms with Gasteiger partial charge < -0.3 is 5.11 Å². The van der Waals surface area contributed by atoms with Crippen molar-refractivity contribution in [1.82, 2.24) is 4.90 Å². The summed E-state index contributed by atoms with van der Waals surface area (Å²) in [5.74, 6) is -0.695. The number of aliphatic carboxylic acids is 1. The summed E-state index contributed by atoms with van der Waals surface area (Å²) in [5, 5.41) is 8.74. The van der Waals surface area contributed by atoms with Crippen LogP contribution in [0.25, 0.3) is 0 Å². The van der Waals surface area contributed by atoms with Crippen molar-refractivity contribution in [2.24, 2.45) is 5.92 Å². The predicted octanol–water partition coefficient (Wildman–Crippen LogP) is 0.555. The summed E-state index contributed by atoms with van der Waals surface area (Å²) in [6.45, 7) is 1.91. The van der Waals surface area contributed by atoms with Crippen LogP contribution in [0, 0.1) is 5.92 Å². The van der Waals surface area contributed by atoms with Crippen molar-refractivity contribution >= 4 is 5.97 Å². The van der Waals surface area contributed by atoms with Crippen LogP contribution in [0.3, 0.4) is 0 Å². The maximum atomic E-state index is 10.6. The summed E-state index contributed by atoms with van der Waals surface area (Å²) in [7, 11) is 0. The minimum absolute atomic E-state index is 0.0831. The third-order valence-electron chi connectivity index (χ3n) is 2.86. The molecule has 62 valence electrons. The van der Waals surface area contributed by atoms with Gasteiger partial charge in [-0.15, -0.1) is 0 Å². The van der Waals surface area contributed by atoms with E-state index in [0.717, 1.165) is 19.5 Å². The van der Waals surface area contributed by atoms with E-state index in [2.05, 4.69) is 4.90 Å². The Morgan fingerprint density at radius 2 is 2.36 bits per heavy atom. The molecule has 2 rings (SSSR count). The molecular weight excluding hydrogens is 142 g/mol. The average Bonchev–Trinajstić information content (AvgIpc) is 2.40. The van der Waals surface area contributed by atoms with Crippen LogP contribution in [-0.2, 0) is 4.79 Å². The largest absolute Gasteiger partial charge is 0.481 e. The van der Waals surface area contributed by atoms with Crippen LogP contribution in [0.5, 0.6) is 0 Å². The molecule has 0 unspecified atom stereocenters. The lowest BCUT2D eigenvalue weighted by Gasteiger charge is -2.12. The van der Waals surface area contributed by atoms with Gasteiger partial charge in [-0.25, -0.2) is 0 Å². The molecule has 0 spiro atoms. The lowest BCUT2D eigenvalue weighted by atomic mass is 10.0. The molecule has 2 aliphatic rings. The molecule has 2 fully saturated rings. The van der Waals surface area contributed by atoms with Crippen LogP contribution in [0.1, 0.15) is 19.3 Å². The maximum absolute atomic E-state index is 10.6. The van der Waals surface area contributed by atoms with Crippen molar-refractivity contribution in [3.63, 3.8) is 0 Å². The summed E-state index contributed by atoms with van der Waals surface area (Å²) >= 11 is 0. The third-order valence-corrected chi connectivity index (χ3v) is 2.86. The average molecular weight is 155 g/mol. The Morgan fingerprint density at radius 3 is 3.00 bits per heavy atom. The SMILES string of the molecule is O=C(O)[C@@H]1C[C@H]2CCCN2C1. The fourth-order valence-corrected chi connectivity index (χ4v) is 2.27. The van der Waals surface area contributed by atoms with Crippen LogP contribution < -0.4 is 0 Å². The molecule has 1 N–H and O–H groups in total. The molecule has 2 saturated heterocycles. The Labute approximate surface area is 66.0 Å². The minimum Gasteiger partial charge on any atom is -0.481 e. The maximum Gasteiger partial charge on any atom is 0.307 e. The first-order chi connectivity index (χ1) is 5.27. The normalized spacial score (nSPS) is 37.5. The molecule has 0 saturated carbocycles. The highest BCUT2D eigenvalue weighted by molar-refractivity contribution is 5.70. The van der Waals surface area contributed by atoms with Crippen LogP contribution in [0.15, 0.2) is 0 Å². The quantitative estimate of drug-likeness (QED) is 0.601. The summed E-state index contributed by atoms with van der Waals surface area (Å²) in [4.78, 5) is 12.9. The zero-order valence-corrected chi connectivity index (χ0v) is 6.49. The summed E-state index contributed by atoms with van der Waals surface area (Å²) < 4.78 is 0. The Bertz CT molecular complexity index is 169. The second-order valence-corrected chi connectivity index (χ2v) is 3.56. The fraction of sp³-hybridized carbons (Fsp3) is 0.875. The van der Waals surface area contributed by atoms with Gasteiger partial charge in [-0.05, 0) is 25.8 Å². The van der Waals surface area contributed by atoms with Crippen molar-refractivity contribution in [3.8, 4) is 0 Å². The van der Waals surface area contributed by atoms with Gasteiger partial charge in [-0.2, -0.15) is 0 Å². The second-order valence-electron chi connectivity index (χ2n) is 3.56. The number of rotatable bonds is 1. The molecule has 2 atom stereocenters. The van der Waals surface area contributed by atoms with Crippen molar-refractivity contribution in [3.05, 3.63) is 0 Å². The van der Waals surface area contributed by atoms with E-state index in [-0.39, 0.29) is 5.92 Å². The van der Waals surface area contributed by atoms with E-state index in [1.807, 2.05) is 0 Å². The Balaban J connectivity index is 1.99. The van der Waals surface area contributed by atoms with E-state index in [9.17, 15) is 4.79 Å². The van der Waals surface area contributed by atoms with Crippen molar-refractivity contribution < 1.29 is 9.90 Å². The number of carboxylic acids is 1. The Kier molecular flexibility index (Phi) is 1.60. The van der Waals surface area contributed by atoms with Crippen molar-refractivity contribution in [2.75, 3.05) is 13.1 Å². The molecule has 0 radical (unpaired) electrons. The summed E-state index contributed by atoms with van der Waals surface area (Å²) in [6.07, 6.45) is 3.36. The fourth-order valence-electron chi connectivity index (χ4n) is 2.27. The number of nitrogens with zero attached hydrogens (tertiary/aromatic N) is 1. The van der Waals surface area contributed by atoms with E-state index >= 15 is 0 Å². The minimum atomic E-state index is -0.612. The molecule has 0 amide bonds. The molecule has 2 aliphatic heterocycles. The van der Waals surface area contributed by atoms with Crippen LogP contribution >= 0.6 is 0 Å². The number of carboxylic acid groups (broad SMARTS) is 1. The van der Waals surface area contributed by atoms with E-state index in [1.54, 1.807) is 0 Å². The number of fused-ring (bicyclic) bond motifs is 1. The topological polar surface area (TPSA) is 40.5 Å². The Morgan fingerprint density at radius 1 is 1.55 bits per heavy atom. The molecule has 3 nitrogen and oxygen atoms in total. The van der Waals surface area contributed by atoms with Crippen molar-refractivity contribution in [2.45, 2.75) is 25.3 Å². The number of hydrogen-bond donors (Lipinski definition) is 1. The van der Waals surface area contributed by atoms with Gasteiger partial charge in [-0.1, -0.05) is 0 Å². The zero-order chi connectivity index (χ0) is 7.84. The first-order valence-electron chi connectivity index (χ1n) is 4.24. The van der Waals surface area contributed by atoms with E-state index in [0.29, 0.717) is 6.04 Å². The highest BCUT2D eigenvalue weighted by atomic mass is 16.4. The third kappa shape index (κ3) is 1.13. The number of carbonyl (C=O) groups is 1. The second kappa shape index (κ2) is 2.48. The summed E-state index contributed by atoms with van der Waals surface area (Å²) in [6, 6.07) is 0.594. The molecule has 0 aromatic rings. The monoisotopic (exact) mass is 155 g/mol. The first kappa shape index (κ1) is 7.10. The molecule has 11 heavy (non-hydrogen) atoms. The van der Waals surface area contributed by atoms with Gasteiger partial charge in [0.25, 0.3) is 0 Å². The molecule has 0 aliphatic carbocycles. The first-order valence-corrected chi connectivity index (χ1v) is 4.24. The van der Waals surface area contributed by atoms with Crippen molar-refractivity contribution in [1.29, 1.82) is 0 Å². The zero-order valence-electron chi connectivity index (χ0n) is 6.49. The molecule has 0 bridgehead atoms. The molecular formula is C8H13NO2. The van der Waals surface area contributed by atoms with E-state index in [4.69, 9.17) is 5.11 Å². The standard InChI is InChI=1S/C8H13NO2/c10-8(11)6-4-7-2-1-3-9(7)5-6/h6-7H,1-5H2,(H,10,11)/t6-,7-/m1/s1. The molecule has 0 aromatic heterocycles. The highest BCUT2D eigenvalue weighted by Gasteiger charge is 2.38. The van der Waals surface area contributed by atoms with Gasteiger partial charge in [0.2, 0.25) is 0 Å². The Hall–Kier alpha value is -0.570. The van der Waals surface area contributed by atoms with E-state index in [1.165, 1.54) is 12.8 Å². The smallest absolute Gasteiger partial charge is 0.307 e. The highest BCUT2D eigenvalue weighted by Crippen LogP contribution is 2.31. The number of hydrogen-bond acceptors (Lipinski definition) is 2. The van der Waals surface area contributed by atoms with Crippen LogP contribution in [-0.4, -0.2) is 35.1 Å². The summed E-state index contributed by atoms with van der Waals surface area (Å²) in [5.41, 5.74) is 0. The predicted molar refractivity (Wildman–Crippen MR) is 40.3 cm³/mol. The van der Waals surface area contributed by atoms with Gasteiger partial charge in [0.1, 0.15) is 0 Å². The molecule has 0 aromatic carbocycles. The van der Waals surface area contributed by atoms with Crippen LogP contribution in [0.2, 0.25) is 0 Å². The molecule has 2 heterocycles. The van der Waals surface area contributed by atoms with Gasteiger partial charge in [0, 0.05) is 12.6 Å². The van der Waals surface area contributed by atoms with E-state index < -0.39 is 5.97 Å². The molecule has 3 heteroatoms. The van der Waals surface area contributed by atoms with Gasteiger partial charge in [0.15, 0.2) is 0 Å². The van der Waals surface area contributed by atoms with Crippen LogP contribution in [0.4, 0.5) is 0 Å².